The third-order valence-electron chi connectivity index (χ3n) is 3.34. The highest BCUT2D eigenvalue weighted by atomic mass is 35.5. The molecule has 1 atom stereocenters. The number of allylic oxidation sites excluding steroid dienone is 3. The minimum atomic E-state index is -0.682. The molecule has 0 radical (unpaired) electrons. The maximum atomic E-state index is 10.4. The molecule has 1 N–H and O–H groups in total. The van der Waals surface area contributed by atoms with Crippen LogP contribution in [0.15, 0.2) is 23.1 Å². The Bertz CT molecular complexity index is 446. The molecule has 1 rings (SSSR count). The Hall–Kier alpha value is -0.850. The number of halogens is 1. The summed E-state index contributed by atoms with van der Waals surface area (Å²) in [5.74, 6) is 6.56. The highest BCUT2D eigenvalue weighted by molar-refractivity contribution is 8.03. The number of hydrogen-bond acceptors (Lipinski definition) is 2. The predicted octanol–water partition coefficient (Wildman–Crippen LogP) is 5.38. The second-order valence-electron chi connectivity index (χ2n) is 5.35. The van der Waals surface area contributed by atoms with Gasteiger partial charge >= 0.3 is 5.97 Å². The van der Waals surface area contributed by atoms with Crippen molar-refractivity contribution in [3.63, 3.8) is 0 Å². The molecule has 0 aromatic rings. The van der Waals surface area contributed by atoms with Crippen molar-refractivity contribution < 1.29 is 9.90 Å². The number of carboxylic acid groups (broad SMARTS) is 1. The van der Waals surface area contributed by atoms with Crippen LogP contribution in [0.2, 0.25) is 0 Å². The number of hydrogen-bond donors (Lipinski definition) is 1. The first-order valence-corrected chi connectivity index (χ1v) is 9.44. The van der Waals surface area contributed by atoms with Crippen LogP contribution in [0, 0.1) is 11.8 Å². The fourth-order valence-electron chi connectivity index (χ4n) is 2.13. The molecule has 0 aromatic heterocycles. The van der Waals surface area contributed by atoms with Crippen LogP contribution in [-0.4, -0.2) is 22.2 Å². The molecule has 0 spiro atoms. The van der Waals surface area contributed by atoms with E-state index in [2.05, 4.69) is 30.1 Å². The van der Waals surface area contributed by atoms with Crippen molar-refractivity contribution in [2.45, 2.75) is 63.2 Å². The second kappa shape index (κ2) is 12.7. The second-order valence-corrected chi connectivity index (χ2v) is 7.05. The molecule has 0 saturated heterocycles. The van der Waals surface area contributed by atoms with Crippen LogP contribution in [0.4, 0.5) is 0 Å². The number of carboxylic acids is 1. The van der Waals surface area contributed by atoms with Gasteiger partial charge in [0.25, 0.3) is 0 Å². The van der Waals surface area contributed by atoms with Gasteiger partial charge in [-0.25, -0.2) is 0 Å². The SMILES string of the molecule is O=C(O)CCCCCCCCSC1=CCC#CC(Cl)CC=C1. The molecule has 1 unspecified atom stereocenters. The van der Waals surface area contributed by atoms with Crippen LogP contribution in [-0.2, 0) is 4.79 Å². The van der Waals surface area contributed by atoms with E-state index in [1.807, 2.05) is 11.8 Å². The highest BCUT2D eigenvalue weighted by Crippen LogP contribution is 2.21. The van der Waals surface area contributed by atoms with E-state index in [0.717, 1.165) is 37.9 Å². The summed E-state index contributed by atoms with van der Waals surface area (Å²) in [5.41, 5.74) is 0. The molecule has 0 aromatic carbocycles. The normalized spacial score (nSPS) is 17.7. The molecule has 122 valence electrons. The van der Waals surface area contributed by atoms with Gasteiger partial charge in [-0.3, -0.25) is 4.79 Å². The molecule has 0 fully saturated rings. The molecule has 0 aliphatic heterocycles. The van der Waals surface area contributed by atoms with Gasteiger partial charge in [-0.1, -0.05) is 55.8 Å². The average Bonchev–Trinajstić information content (AvgIpc) is 2.58. The number of thioether (sulfide) groups is 1. The Balaban J connectivity index is 2.04. The third-order valence-corrected chi connectivity index (χ3v) is 4.76. The van der Waals surface area contributed by atoms with Crippen LogP contribution in [0.1, 0.15) is 57.8 Å². The zero-order chi connectivity index (χ0) is 16.0. The Labute approximate surface area is 143 Å². The van der Waals surface area contributed by atoms with E-state index >= 15 is 0 Å². The van der Waals surface area contributed by atoms with Gasteiger partial charge in [-0.2, -0.15) is 0 Å². The van der Waals surface area contributed by atoms with Gasteiger partial charge in [0.05, 0.1) is 5.38 Å². The van der Waals surface area contributed by atoms with Crippen molar-refractivity contribution in [3.8, 4) is 11.8 Å². The van der Waals surface area contributed by atoms with Gasteiger partial charge in [-0.05, 0) is 25.0 Å². The lowest BCUT2D eigenvalue weighted by atomic mass is 10.1. The molecule has 4 heteroatoms. The molecule has 0 amide bonds. The Morgan fingerprint density at radius 2 is 2.00 bits per heavy atom. The fraction of sp³-hybridized carbons (Fsp3) is 0.611. The number of rotatable bonds is 10. The van der Waals surface area contributed by atoms with E-state index in [1.54, 1.807) is 0 Å². The smallest absolute Gasteiger partial charge is 0.303 e. The monoisotopic (exact) mass is 340 g/mol. The summed E-state index contributed by atoms with van der Waals surface area (Å²) in [7, 11) is 0. The van der Waals surface area contributed by atoms with Gasteiger partial charge in [0.2, 0.25) is 0 Å². The zero-order valence-electron chi connectivity index (χ0n) is 13.0. The number of carbonyl (C=O) groups is 1. The highest BCUT2D eigenvalue weighted by Gasteiger charge is 2.00. The minimum absolute atomic E-state index is 0.0601. The summed E-state index contributed by atoms with van der Waals surface area (Å²) in [6.07, 6.45) is 15.0. The summed E-state index contributed by atoms with van der Waals surface area (Å²) in [6, 6.07) is 0. The van der Waals surface area contributed by atoms with Crippen molar-refractivity contribution in [1.29, 1.82) is 0 Å². The molecular formula is C18H25ClO2S. The minimum Gasteiger partial charge on any atom is -0.481 e. The number of unbranched alkanes of at least 4 members (excludes halogenated alkanes) is 5. The van der Waals surface area contributed by atoms with E-state index in [4.69, 9.17) is 16.7 Å². The largest absolute Gasteiger partial charge is 0.481 e. The number of alkyl halides is 1. The van der Waals surface area contributed by atoms with E-state index in [1.165, 1.54) is 24.2 Å². The van der Waals surface area contributed by atoms with Crippen molar-refractivity contribution in [2.24, 2.45) is 0 Å². The molecule has 22 heavy (non-hydrogen) atoms. The first-order valence-electron chi connectivity index (χ1n) is 8.02. The molecule has 2 nitrogen and oxygen atoms in total. The molecular weight excluding hydrogens is 316 g/mol. The molecule has 0 saturated carbocycles. The van der Waals surface area contributed by atoms with Crippen LogP contribution in [0.5, 0.6) is 0 Å². The first kappa shape index (κ1) is 19.2. The van der Waals surface area contributed by atoms with E-state index in [9.17, 15) is 4.79 Å². The zero-order valence-corrected chi connectivity index (χ0v) is 14.6. The lowest BCUT2D eigenvalue weighted by Crippen LogP contribution is -1.93. The van der Waals surface area contributed by atoms with Gasteiger partial charge in [0.1, 0.15) is 0 Å². The average molecular weight is 341 g/mol. The Kier molecular flexibility index (Phi) is 11.1. The van der Waals surface area contributed by atoms with Crippen molar-refractivity contribution >= 4 is 29.3 Å². The fourth-order valence-corrected chi connectivity index (χ4v) is 3.29. The lowest BCUT2D eigenvalue weighted by molar-refractivity contribution is -0.137. The molecule has 1 aliphatic carbocycles. The van der Waals surface area contributed by atoms with E-state index in [-0.39, 0.29) is 5.38 Å². The van der Waals surface area contributed by atoms with Crippen LogP contribution in [0.3, 0.4) is 0 Å². The third kappa shape index (κ3) is 10.8. The predicted molar refractivity (Wildman–Crippen MR) is 96.3 cm³/mol. The van der Waals surface area contributed by atoms with E-state index in [0.29, 0.717) is 6.42 Å². The van der Waals surface area contributed by atoms with Gasteiger partial charge in [0.15, 0.2) is 0 Å². The topological polar surface area (TPSA) is 37.3 Å². The van der Waals surface area contributed by atoms with Crippen molar-refractivity contribution in [1.82, 2.24) is 0 Å². The summed E-state index contributed by atoms with van der Waals surface area (Å²) >= 11 is 7.93. The maximum Gasteiger partial charge on any atom is 0.303 e. The van der Waals surface area contributed by atoms with Crippen LogP contribution < -0.4 is 0 Å². The summed E-state index contributed by atoms with van der Waals surface area (Å²) in [4.78, 5) is 11.7. The maximum absolute atomic E-state index is 10.4. The van der Waals surface area contributed by atoms with Gasteiger partial charge < -0.3 is 5.11 Å². The summed E-state index contributed by atoms with van der Waals surface area (Å²) < 4.78 is 0. The first-order chi connectivity index (χ1) is 10.7. The standard InChI is InChI=1S/C18H25ClO2S/c19-16-10-6-7-12-17(13-9-11-16)22-15-8-4-2-1-3-5-14-18(20)21/h9,12-13,16H,1-5,7-8,11,14-15H2,(H,20,21). The molecule has 0 heterocycles. The lowest BCUT2D eigenvalue weighted by Gasteiger charge is -2.03. The van der Waals surface area contributed by atoms with Gasteiger partial charge in [-0.15, -0.1) is 23.4 Å². The molecule has 1 aliphatic rings. The quantitative estimate of drug-likeness (QED) is 0.329. The number of aliphatic carboxylic acids is 1. The van der Waals surface area contributed by atoms with Crippen LogP contribution in [0.25, 0.3) is 0 Å². The molecule has 0 bridgehead atoms. The van der Waals surface area contributed by atoms with E-state index < -0.39 is 5.97 Å². The Morgan fingerprint density at radius 1 is 1.27 bits per heavy atom. The summed E-state index contributed by atoms with van der Waals surface area (Å²) in [5, 5.41) is 8.49. The van der Waals surface area contributed by atoms with Crippen molar-refractivity contribution in [2.75, 3.05) is 5.75 Å². The van der Waals surface area contributed by atoms with Crippen molar-refractivity contribution in [3.05, 3.63) is 23.1 Å². The Morgan fingerprint density at radius 3 is 2.77 bits per heavy atom. The van der Waals surface area contributed by atoms with Gasteiger partial charge in [0, 0.05) is 17.7 Å². The van der Waals surface area contributed by atoms with Crippen LogP contribution >= 0.6 is 23.4 Å². The summed E-state index contributed by atoms with van der Waals surface area (Å²) in [6.45, 7) is 0.